The molecule has 0 radical (unpaired) electrons. The molecule has 0 fully saturated rings. The molecule has 0 aliphatic heterocycles. The van der Waals surface area contributed by atoms with E-state index in [-0.39, 0.29) is 11.9 Å². The average molecular weight is 292 g/mol. The van der Waals surface area contributed by atoms with Gasteiger partial charge in [0.2, 0.25) is 0 Å². The van der Waals surface area contributed by atoms with Gasteiger partial charge < -0.3 is 9.47 Å². The van der Waals surface area contributed by atoms with Gasteiger partial charge in [-0.2, -0.15) is 0 Å². The molecule has 0 amide bonds. The van der Waals surface area contributed by atoms with Crippen LogP contribution in [0.3, 0.4) is 0 Å². The lowest BCUT2D eigenvalue weighted by molar-refractivity contribution is -0.157. The van der Waals surface area contributed by atoms with E-state index in [9.17, 15) is 9.59 Å². The summed E-state index contributed by atoms with van der Waals surface area (Å²) in [4.78, 5) is 23.8. The SMILES string of the molecule is CCCC(=O)O[C@@H](CCC)[C@@H](C)C(=O)Oc1ccccc1. The van der Waals surface area contributed by atoms with E-state index in [1.807, 2.05) is 19.9 Å². The molecule has 0 heterocycles. The van der Waals surface area contributed by atoms with Crippen LogP contribution < -0.4 is 4.74 Å². The summed E-state index contributed by atoms with van der Waals surface area (Å²) in [5.74, 6) is -0.602. The third-order valence-corrected chi connectivity index (χ3v) is 3.20. The van der Waals surface area contributed by atoms with Crippen molar-refractivity contribution in [1.29, 1.82) is 0 Å². The maximum atomic E-state index is 12.2. The molecular weight excluding hydrogens is 268 g/mol. The molecule has 1 rings (SSSR count). The number of hydrogen-bond donors (Lipinski definition) is 0. The summed E-state index contributed by atoms with van der Waals surface area (Å²) in [6.45, 7) is 5.66. The molecule has 0 aliphatic rings. The van der Waals surface area contributed by atoms with Gasteiger partial charge in [-0.1, -0.05) is 38.5 Å². The zero-order valence-electron chi connectivity index (χ0n) is 13.0. The number of benzene rings is 1. The minimum Gasteiger partial charge on any atom is -0.461 e. The Hall–Kier alpha value is -1.84. The van der Waals surface area contributed by atoms with Gasteiger partial charge >= 0.3 is 11.9 Å². The van der Waals surface area contributed by atoms with Gasteiger partial charge in [0, 0.05) is 6.42 Å². The largest absolute Gasteiger partial charge is 0.461 e. The zero-order valence-corrected chi connectivity index (χ0v) is 13.0. The van der Waals surface area contributed by atoms with Gasteiger partial charge in [-0.25, -0.2) is 0 Å². The monoisotopic (exact) mass is 292 g/mol. The second-order valence-corrected chi connectivity index (χ2v) is 5.09. The summed E-state index contributed by atoms with van der Waals surface area (Å²) in [6.07, 6.45) is 2.18. The van der Waals surface area contributed by atoms with E-state index in [4.69, 9.17) is 9.47 Å². The Kier molecular flexibility index (Phi) is 7.51. The molecule has 116 valence electrons. The Labute approximate surface area is 126 Å². The third kappa shape index (κ3) is 5.98. The fourth-order valence-electron chi connectivity index (χ4n) is 1.98. The Morgan fingerprint density at radius 3 is 2.33 bits per heavy atom. The molecule has 0 spiro atoms. The second kappa shape index (κ2) is 9.16. The van der Waals surface area contributed by atoms with E-state index in [0.717, 1.165) is 12.8 Å². The molecule has 0 bridgehead atoms. The number of hydrogen-bond acceptors (Lipinski definition) is 4. The van der Waals surface area contributed by atoms with Crippen LogP contribution in [0.4, 0.5) is 0 Å². The van der Waals surface area contributed by atoms with E-state index >= 15 is 0 Å². The van der Waals surface area contributed by atoms with Crippen molar-refractivity contribution < 1.29 is 19.1 Å². The first kappa shape index (κ1) is 17.2. The number of carbonyl (C=O) groups is 2. The van der Waals surface area contributed by atoms with Crippen LogP contribution in [-0.4, -0.2) is 18.0 Å². The summed E-state index contributed by atoms with van der Waals surface area (Å²) < 4.78 is 10.7. The van der Waals surface area contributed by atoms with Crippen LogP contribution >= 0.6 is 0 Å². The summed E-state index contributed by atoms with van der Waals surface area (Å²) in [5, 5.41) is 0. The van der Waals surface area contributed by atoms with Crippen molar-refractivity contribution in [2.45, 2.75) is 52.6 Å². The molecule has 0 N–H and O–H groups in total. The van der Waals surface area contributed by atoms with Crippen LogP contribution in [0.2, 0.25) is 0 Å². The zero-order chi connectivity index (χ0) is 15.7. The predicted molar refractivity (Wildman–Crippen MR) is 80.9 cm³/mol. The van der Waals surface area contributed by atoms with E-state index in [2.05, 4.69) is 0 Å². The molecular formula is C17H24O4. The molecule has 21 heavy (non-hydrogen) atoms. The quantitative estimate of drug-likeness (QED) is 0.541. The van der Waals surface area contributed by atoms with Gasteiger partial charge in [-0.15, -0.1) is 0 Å². The highest BCUT2D eigenvalue weighted by atomic mass is 16.6. The molecule has 1 aromatic carbocycles. The van der Waals surface area contributed by atoms with Crippen molar-refractivity contribution in [3.63, 3.8) is 0 Å². The van der Waals surface area contributed by atoms with Crippen molar-refractivity contribution in [3.05, 3.63) is 30.3 Å². The van der Waals surface area contributed by atoms with Gasteiger partial charge in [-0.05, 0) is 31.9 Å². The average Bonchev–Trinajstić information content (AvgIpc) is 2.47. The Morgan fingerprint density at radius 2 is 1.76 bits per heavy atom. The number of para-hydroxylation sites is 1. The number of carbonyl (C=O) groups excluding carboxylic acids is 2. The van der Waals surface area contributed by atoms with Gasteiger partial charge in [0.25, 0.3) is 0 Å². The maximum absolute atomic E-state index is 12.2. The fraction of sp³-hybridized carbons (Fsp3) is 0.529. The first-order chi connectivity index (χ1) is 10.1. The Morgan fingerprint density at radius 1 is 1.10 bits per heavy atom. The Balaban J connectivity index is 2.64. The van der Waals surface area contributed by atoms with E-state index < -0.39 is 12.0 Å². The predicted octanol–water partition coefficient (Wildman–Crippen LogP) is 3.74. The summed E-state index contributed by atoms with van der Waals surface area (Å²) in [5.41, 5.74) is 0. The van der Waals surface area contributed by atoms with Crippen LogP contribution in [0.25, 0.3) is 0 Å². The Bertz CT molecular complexity index is 441. The molecule has 1 aromatic rings. The third-order valence-electron chi connectivity index (χ3n) is 3.20. The number of esters is 2. The highest BCUT2D eigenvalue weighted by molar-refractivity contribution is 5.76. The molecule has 0 saturated heterocycles. The molecule has 4 heteroatoms. The normalized spacial score (nSPS) is 13.3. The lowest BCUT2D eigenvalue weighted by Gasteiger charge is -2.22. The molecule has 0 saturated carbocycles. The van der Waals surface area contributed by atoms with Crippen molar-refractivity contribution in [1.82, 2.24) is 0 Å². The second-order valence-electron chi connectivity index (χ2n) is 5.09. The lowest BCUT2D eigenvalue weighted by Crippen LogP contribution is -2.33. The number of rotatable bonds is 8. The lowest BCUT2D eigenvalue weighted by atomic mass is 10.0. The van der Waals surface area contributed by atoms with E-state index in [1.165, 1.54) is 0 Å². The van der Waals surface area contributed by atoms with E-state index in [1.54, 1.807) is 31.2 Å². The maximum Gasteiger partial charge on any atom is 0.317 e. The van der Waals surface area contributed by atoms with Gasteiger partial charge in [0.05, 0.1) is 5.92 Å². The van der Waals surface area contributed by atoms with E-state index in [0.29, 0.717) is 18.6 Å². The van der Waals surface area contributed by atoms with Crippen molar-refractivity contribution in [2.24, 2.45) is 5.92 Å². The summed E-state index contributed by atoms with van der Waals surface area (Å²) in [7, 11) is 0. The molecule has 0 aliphatic carbocycles. The molecule has 4 nitrogen and oxygen atoms in total. The van der Waals surface area contributed by atoms with Crippen molar-refractivity contribution >= 4 is 11.9 Å². The topological polar surface area (TPSA) is 52.6 Å². The number of ether oxygens (including phenoxy) is 2. The van der Waals surface area contributed by atoms with Crippen molar-refractivity contribution in [2.75, 3.05) is 0 Å². The summed E-state index contributed by atoms with van der Waals surface area (Å²) >= 11 is 0. The van der Waals surface area contributed by atoms with Crippen LogP contribution in [-0.2, 0) is 14.3 Å². The highest BCUT2D eigenvalue weighted by Gasteiger charge is 2.28. The minimum absolute atomic E-state index is 0.254. The highest BCUT2D eigenvalue weighted by Crippen LogP contribution is 2.18. The molecule has 2 atom stereocenters. The van der Waals surface area contributed by atoms with Gasteiger partial charge in [0.15, 0.2) is 0 Å². The smallest absolute Gasteiger partial charge is 0.317 e. The van der Waals surface area contributed by atoms with Crippen LogP contribution in [0, 0.1) is 5.92 Å². The van der Waals surface area contributed by atoms with Crippen LogP contribution in [0.5, 0.6) is 5.75 Å². The molecule has 0 aromatic heterocycles. The first-order valence-electron chi connectivity index (χ1n) is 7.54. The standard InChI is InChI=1S/C17H24O4/c1-4-9-15(21-16(18)10-5-2)13(3)17(19)20-14-11-7-6-8-12-14/h6-8,11-13,15H,4-5,9-10H2,1-3H3/t13-,15+/m1/s1. The van der Waals surface area contributed by atoms with Gasteiger partial charge in [0.1, 0.15) is 11.9 Å². The first-order valence-corrected chi connectivity index (χ1v) is 7.54. The van der Waals surface area contributed by atoms with Gasteiger partial charge in [-0.3, -0.25) is 9.59 Å². The van der Waals surface area contributed by atoms with Crippen molar-refractivity contribution in [3.8, 4) is 5.75 Å². The van der Waals surface area contributed by atoms with Crippen LogP contribution in [0.15, 0.2) is 30.3 Å². The fourth-order valence-corrected chi connectivity index (χ4v) is 1.98. The van der Waals surface area contributed by atoms with Crippen LogP contribution in [0.1, 0.15) is 46.5 Å². The molecule has 0 unspecified atom stereocenters. The summed E-state index contributed by atoms with van der Waals surface area (Å²) in [6, 6.07) is 8.91. The minimum atomic E-state index is -0.481.